The normalized spacial score (nSPS) is 24.0. The molecule has 0 aromatic carbocycles. The molecule has 1 aliphatic rings. The van der Waals surface area contributed by atoms with Crippen LogP contribution in [0.5, 0.6) is 0 Å². The van der Waals surface area contributed by atoms with Crippen molar-refractivity contribution in [1.82, 2.24) is 14.7 Å². The second-order valence-corrected chi connectivity index (χ2v) is 5.26. The van der Waals surface area contributed by atoms with Gasteiger partial charge >= 0.3 is 0 Å². The molecule has 0 bridgehead atoms. The third-order valence-corrected chi connectivity index (χ3v) is 3.29. The molecule has 0 N–H and O–H groups in total. The van der Waals surface area contributed by atoms with Crippen LogP contribution in [0.3, 0.4) is 0 Å². The predicted molar refractivity (Wildman–Crippen MR) is 68.0 cm³/mol. The van der Waals surface area contributed by atoms with Crippen molar-refractivity contribution in [3.05, 3.63) is 28.7 Å². The fourth-order valence-corrected chi connectivity index (χ4v) is 2.60. The summed E-state index contributed by atoms with van der Waals surface area (Å²) in [6, 6.07) is 3.00. The van der Waals surface area contributed by atoms with Crippen molar-refractivity contribution < 1.29 is 4.79 Å². The first-order valence-corrected chi connectivity index (χ1v) is 6.36. The van der Waals surface area contributed by atoms with Crippen molar-refractivity contribution in [2.75, 3.05) is 13.1 Å². The second-order valence-electron chi connectivity index (χ2n) is 5.26. The lowest BCUT2D eigenvalue weighted by Gasteiger charge is -2.35. The van der Waals surface area contributed by atoms with E-state index in [1.54, 1.807) is 6.07 Å². The Morgan fingerprint density at radius 3 is 2.67 bits per heavy atom. The Kier molecular flexibility index (Phi) is 3.79. The molecule has 0 aliphatic carbocycles. The van der Waals surface area contributed by atoms with E-state index in [2.05, 4.69) is 18.9 Å². The van der Waals surface area contributed by atoms with E-state index in [-0.39, 0.29) is 18.0 Å². The Balaban J connectivity index is 2.04. The molecule has 1 amide bonds. The Hall–Kier alpha value is -1.65. The van der Waals surface area contributed by atoms with Crippen LogP contribution >= 0.6 is 0 Å². The van der Waals surface area contributed by atoms with Crippen molar-refractivity contribution in [3.63, 3.8) is 0 Å². The number of piperidine rings is 1. The lowest BCUT2D eigenvalue weighted by atomic mass is 9.92. The van der Waals surface area contributed by atoms with Gasteiger partial charge in [0.15, 0.2) is 0 Å². The van der Waals surface area contributed by atoms with Crippen LogP contribution in [-0.4, -0.2) is 33.7 Å². The monoisotopic (exact) mass is 249 g/mol. The quantitative estimate of drug-likeness (QED) is 0.777. The maximum Gasteiger partial charge on any atom is 0.267 e. The summed E-state index contributed by atoms with van der Waals surface area (Å²) in [6.45, 7) is 5.92. The van der Waals surface area contributed by atoms with Gasteiger partial charge in [0.25, 0.3) is 5.56 Å². The van der Waals surface area contributed by atoms with Crippen LogP contribution in [0.2, 0.25) is 0 Å². The molecule has 1 saturated heterocycles. The van der Waals surface area contributed by atoms with Crippen LogP contribution in [0.4, 0.5) is 0 Å². The number of likely N-dealkylation sites (tertiary alicyclic amines) is 1. The minimum atomic E-state index is -0.232. The molecule has 0 saturated carbocycles. The maximum atomic E-state index is 12.1. The SMILES string of the molecule is CC1CC(C)CN(C(=O)Cn2ncccc2=O)C1. The van der Waals surface area contributed by atoms with Crippen LogP contribution in [-0.2, 0) is 11.3 Å². The number of nitrogens with zero attached hydrogens (tertiary/aromatic N) is 3. The standard InChI is InChI=1S/C13H19N3O2/c1-10-6-11(2)8-15(7-10)13(18)9-16-12(17)4-3-5-14-16/h3-5,10-11H,6-9H2,1-2H3. The van der Waals surface area contributed by atoms with Crippen molar-refractivity contribution >= 4 is 5.91 Å². The van der Waals surface area contributed by atoms with E-state index < -0.39 is 0 Å². The van der Waals surface area contributed by atoms with E-state index in [4.69, 9.17) is 0 Å². The van der Waals surface area contributed by atoms with Crippen LogP contribution in [0.25, 0.3) is 0 Å². The highest BCUT2D eigenvalue weighted by Crippen LogP contribution is 2.20. The number of amides is 1. The summed E-state index contributed by atoms with van der Waals surface area (Å²) in [6.07, 6.45) is 2.68. The fourth-order valence-electron chi connectivity index (χ4n) is 2.60. The molecule has 1 aromatic rings. The molecule has 0 radical (unpaired) electrons. The average molecular weight is 249 g/mol. The highest BCUT2D eigenvalue weighted by atomic mass is 16.2. The van der Waals surface area contributed by atoms with Crippen LogP contribution < -0.4 is 5.56 Å². The molecule has 1 fully saturated rings. The molecular formula is C13H19N3O2. The zero-order chi connectivity index (χ0) is 13.1. The number of rotatable bonds is 2. The molecule has 0 spiro atoms. The van der Waals surface area contributed by atoms with Crippen LogP contribution in [0.15, 0.2) is 23.1 Å². The minimum Gasteiger partial charge on any atom is -0.341 e. The van der Waals surface area contributed by atoms with Gasteiger partial charge in [0.2, 0.25) is 5.91 Å². The number of hydrogen-bond acceptors (Lipinski definition) is 3. The predicted octanol–water partition coefficient (Wildman–Crippen LogP) is 0.748. The van der Waals surface area contributed by atoms with Gasteiger partial charge in [-0.25, -0.2) is 4.68 Å². The number of aromatic nitrogens is 2. The van der Waals surface area contributed by atoms with E-state index in [1.165, 1.54) is 16.9 Å². The summed E-state index contributed by atoms with van der Waals surface area (Å²) >= 11 is 0. The molecule has 98 valence electrons. The van der Waals surface area contributed by atoms with Gasteiger partial charge in [-0.1, -0.05) is 13.8 Å². The van der Waals surface area contributed by atoms with Gasteiger partial charge in [-0.3, -0.25) is 9.59 Å². The zero-order valence-electron chi connectivity index (χ0n) is 10.9. The highest BCUT2D eigenvalue weighted by molar-refractivity contribution is 5.76. The number of carbonyl (C=O) groups excluding carboxylic acids is 1. The molecule has 1 aromatic heterocycles. The van der Waals surface area contributed by atoms with Gasteiger partial charge in [-0.05, 0) is 24.3 Å². The van der Waals surface area contributed by atoms with Crippen molar-refractivity contribution in [1.29, 1.82) is 0 Å². The molecule has 1 aliphatic heterocycles. The van der Waals surface area contributed by atoms with E-state index in [1.807, 2.05) is 4.90 Å². The van der Waals surface area contributed by atoms with Gasteiger partial charge in [-0.2, -0.15) is 5.10 Å². The molecular weight excluding hydrogens is 230 g/mol. The Morgan fingerprint density at radius 1 is 1.39 bits per heavy atom. The summed E-state index contributed by atoms with van der Waals surface area (Å²) in [7, 11) is 0. The van der Waals surface area contributed by atoms with Crippen molar-refractivity contribution in [2.45, 2.75) is 26.8 Å². The van der Waals surface area contributed by atoms with Gasteiger partial charge in [0.05, 0.1) is 0 Å². The molecule has 2 heterocycles. The average Bonchev–Trinajstić information content (AvgIpc) is 2.31. The van der Waals surface area contributed by atoms with Gasteiger partial charge in [0.1, 0.15) is 6.54 Å². The van der Waals surface area contributed by atoms with Crippen molar-refractivity contribution in [3.8, 4) is 0 Å². The van der Waals surface area contributed by atoms with Gasteiger partial charge in [-0.15, -0.1) is 0 Å². The molecule has 2 rings (SSSR count). The first kappa shape index (κ1) is 12.8. The van der Waals surface area contributed by atoms with E-state index in [0.717, 1.165) is 19.5 Å². The first-order chi connectivity index (χ1) is 8.56. The largest absolute Gasteiger partial charge is 0.341 e. The van der Waals surface area contributed by atoms with Crippen LogP contribution in [0, 0.1) is 11.8 Å². The third-order valence-electron chi connectivity index (χ3n) is 3.29. The molecule has 5 nitrogen and oxygen atoms in total. The summed E-state index contributed by atoms with van der Waals surface area (Å²) in [5, 5.41) is 3.91. The van der Waals surface area contributed by atoms with Gasteiger partial charge < -0.3 is 4.90 Å². The molecule has 2 atom stereocenters. The lowest BCUT2D eigenvalue weighted by molar-refractivity contribution is -0.134. The highest BCUT2D eigenvalue weighted by Gasteiger charge is 2.25. The minimum absolute atomic E-state index is 0.0193. The number of hydrogen-bond donors (Lipinski definition) is 0. The van der Waals surface area contributed by atoms with E-state index in [9.17, 15) is 9.59 Å². The van der Waals surface area contributed by atoms with Crippen LogP contribution in [0.1, 0.15) is 20.3 Å². The lowest BCUT2D eigenvalue weighted by Crippen LogP contribution is -2.45. The summed E-state index contributed by atoms with van der Waals surface area (Å²) in [5.41, 5.74) is -0.232. The Labute approximate surface area is 106 Å². The zero-order valence-corrected chi connectivity index (χ0v) is 10.9. The molecule has 5 heteroatoms. The number of carbonyl (C=O) groups is 1. The molecule has 18 heavy (non-hydrogen) atoms. The van der Waals surface area contributed by atoms with Crippen molar-refractivity contribution in [2.24, 2.45) is 11.8 Å². The van der Waals surface area contributed by atoms with E-state index >= 15 is 0 Å². The summed E-state index contributed by atoms with van der Waals surface area (Å²) < 4.78 is 1.21. The third kappa shape index (κ3) is 2.97. The topological polar surface area (TPSA) is 55.2 Å². The Morgan fingerprint density at radius 2 is 2.06 bits per heavy atom. The van der Waals surface area contributed by atoms with E-state index in [0.29, 0.717) is 11.8 Å². The Bertz CT molecular complexity index is 473. The summed E-state index contributed by atoms with van der Waals surface area (Å²) in [5.74, 6) is 1.03. The molecule has 2 unspecified atom stereocenters. The second kappa shape index (κ2) is 5.33. The summed E-state index contributed by atoms with van der Waals surface area (Å²) in [4.78, 5) is 25.5. The smallest absolute Gasteiger partial charge is 0.267 e. The first-order valence-electron chi connectivity index (χ1n) is 6.36. The fraction of sp³-hybridized carbons (Fsp3) is 0.615. The van der Waals surface area contributed by atoms with Gasteiger partial charge in [0, 0.05) is 25.4 Å². The maximum absolute atomic E-state index is 12.1.